The fourth-order valence-corrected chi connectivity index (χ4v) is 3.89. The molecule has 0 amide bonds. The number of rotatable bonds is 5. The highest BCUT2D eigenvalue weighted by atomic mass is 19.4. The summed E-state index contributed by atoms with van der Waals surface area (Å²) < 4.78 is 49.8. The highest BCUT2D eigenvalue weighted by Crippen LogP contribution is 2.35. The Kier molecular flexibility index (Phi) is 5.86. The number of furan rings is 1. The highest BCUT2D eigenvalue weighted by Gasteiger charge is 2.30. The number of benzene rings is 2. The van der Waals surface area contributed by atoms with E-state index in [-0.39, 0.29) is 6.61 Å². The second-order valence-corrected chi connectivity index (χ2v) is 7.77. The van der Waals surface area contributed by atoms with Gasteiger partial charge in [-0.25, -0.2) is 4.79 Å². The molecular formula is C24H22F3NO4. The minimum Gasteiger partial charge on any atom is -0.482 e. The molecule has 1 aliphatic rings. The third-order valence-electron chi connectivity index (χ3n) is 5.52. The lowest BCUT2D eigenvalue weighted by Crippen LogP contribution is -2.26. The summed E-state index contributed by atoms with van der Waals surface area (Å²) in [6.45, 7) is 2.95. The van der Waals surface area contributed by atoms with Crippen LogP contribution in [0, 0.1) is 6.92 Å². The number of anilines is 1. The topological polar surface area (TPSA) is 62.9 Å². The van der Waals surface area contributed by atoms with E-state index in [0.717, 1.165) is 42.6 Å². The molecule has 5 nitrogen and oxygen atoms in total. The fraction of sp³-hybridized carbons (Fsp3) is 0.292. The van der Waals surface area contributed by atoms with E-state index in [9.17, 15) is 18.0 Å². The lowest BCUT2D eigenvalue weighted by atomic mass is 10.0. The molecule has 32 heavy (non-hydrogen) atoms. The summed E-state index contributed by atoms with van der Waals surface area (Å²) >= 11 is 0. The molecule has 0 aliphatic carbocycles. The molecule has 168 valence electrons. The molecule has 3 aromatic rings. The molecule has 2 aromatic carbocycles. The van der Waals surface area contributed by atoms with Crippen molar-refractivity contribution in [3.63, 3.8) is 0 Å². The molecule has 1 aliphatic heterocycles. The highest BCUT2D eigenvalue weighted by molar-refractivity contribution is 5.68. The number of carboxylic acids is 1. The van der Waals surface area contributed by atoms with Crippen molar-refractivity contribution in [2.24, 2.45) is 0 Å². The predicted octanol–water partition coefficient (Wildman–Crippen LogP) is 5.34. The van der Waals surface area contributed by atoms with Gasteiger partial charge in [0.15, 0.2) is 12.5 Å². The largest absolute Gasteiger partial charge is 0.482 e. The maximum Gasteiger partial charge on any atom is 0.416 e. The quantitative estimate of drug-likeness (QED) is 0.574. The van der Waals surface area contributed by atoms with Gasteiger partial charge in [0.2, 0.25) is 0 Å². The van der Waals surface area contributed by atoms with E-state index >= 15 is 0 Å². The Morgan fingerprint density at radius 2 is 1.75 bits per heavy atom. The molecule has 4 rings (SSSR count). The Labute approximate surface area is 183 Å². The van der Waals surface area contributed by atoms with Gasteiger partial charge in [-0.15, -0.1) is 0 Å². The van der Waals surface area contributed by atoms with Crippen molar-refractivity contribution in [1.82, 2.24) is 0 Å². The van der Waals surface area contributed by atoms with Crippen molar-refractivity contribution in [2.45, 2.75) is 25.9 Å². The summed E-state index contributed by atoms with van der Waals surface area (Å²) in [5.41, 5.74) is 3.08. The third kappa shape index (κ3) is 4.74. The first-order chi connectivity index (χ1) is 15.2. The van der Waals surface area contributed by atoms with E-state index in [4.69, 9.17) is 14.3 Å². The van der Waals surface area contributed by atoms with Crippen LogP contribution in [0.15, 0.2) is 52.9 Å². The normalized spacial score (nSPS) is 14.1. The molecule has 0 radical (unpaired) electrons. The average molecular weight is 445 g/mol. The van der Waals surface area contributed by atoms with Gasteiger partial charge in [0.1, 0.15) is 11.5 Å². The van der Waals surface area contributed by atoms with Gasteiger partial charge in [-0.05, 0) is 61.2 Å². The van der Waals surface area contributed by atoms with Crippen molar-refractivity contribution in [3.05, 3.63) is 70.8 Å². The van der Waals surface area contributed by atoms with Crippen LogP contribution in [0.3, 0.4) is 0 Å². The van der Waals surface area contributed by atoms with E-state index in [1.165, 1.54) is 17.7 Å². The molecule has 2 heterocycles. The number of carboxylic acid groups (broad SMARTS) is 1. The number of carbonyl (C=O) groups is 1. The molecule has 0 atom stereocenters. The smallest absolute Gasteiger partial charge is 0.416 e. The molecule has 0 saturated heterocycles. The lowest BCUT2D eigenvalue weighted by molar-refractivity contribution is -0.139. The van der Waals surface area contributed by atoms with Crippen LogP contribution >= 0.6 is 0 Å². The summed E-state index contributed by atoms with van der Waals surface area (Å²) in [7, 11) is 0. The number of halogens is 3. The summed E-state index contributed by atoms with van der Waals surface area (Å²) in [4.78, 5) is 12.8. The molecule has 8 heteroatoms. The number of aliphatic carboxylic acids is 1. The summed E-state index contributed by atoms with van der Waals surface area (Å²) in [6.07, 6.45) is -2.86. The van der Waals surface area contributed by atoms with Gasteiger partial charge in [-0.3, -0.25) is 0 Å². The Balaban J connectivity index is 1.50. The molecule has 1 N–H and O–H groups in total. The van der Waals surface area contributed by atoms with Crippen LogP contribution in [0.2, 0.25) is 0 Å². The molecule has 1 aromatic heterocycles. The van der Waals surface area contributed by atoms with Gasteiger partial charge in [-0.1, -0.05) is 18.2 Å². The zero-order valence-electron chi connectivity index (χ0n) is 17.4. The van der Waals surface area contributed by atoms with Crippen molar-refractivity contribution in [3.8, 4) is 17.1 Å². The second kappa shape index (κ2) is 8.61. The van der Waals surface area contributed by atoms with Crippen molar-refractivity contribution < 1.29 is 32.2 Å². The number of alkyl halides is 3. The number of hydrogen-bond acceptors (Lipinski definition) is 4. The zero-order valence-corrected chi connectivity index (χ0v) is 17.4. The van der Waals surface area contributed by atoms with Crippen molar-refractivity contribution >= 4 is 11.9 Å². The van der Waals surface area contributed by atoms with Crippen molar-refractivity contribution in [1.29, 1.82) is 0 Å². The first-order valence-electron chi connectivity index (χ1n) is 10.2. The van der Waals surface area contributed by atoms with Gasteiger partial charge in [-0.2, -0.15) is 13.2 Å². The van der Waals surface area contributed by atoms with E-state index in [1.807, 2.05) is 25.1 Å². The summed E-state index contributed by atoms with van der Waals surface area (Å²) in [5.74, 6) is 0.731. The van der Waals surface area contributed by atoms with Crippen LogP contribution in [0.25, 0.3) is 11.3 Å². The zero-order chi connectivity index (χ0) is 22.9. The van der Waals surface area contributed by atoms with E-state index in [1.54, 1.807) is 6.07 Å². The molecule has 0 spiro atoms. The van der Waals surface area contributed by atoms with Crippen LogP contribution in [0.4, 0.5) is 19.1 Å². The molecular weight excluding hydrogens is 423 g/mol. The van der Waals surface area contributed by atoms with Crippen LogP contribution in [0.1, 0.15) is 22.3 Å². The van der Waals surface area contributed by atoms with Gasteiger partial charge < -0.3 is 19.2 Å². The number of nitrogens with zero attached hydrogens (tertiary/aromatic N) is 1. The monoisotopic (exact) mass is 445 g/mol. The van der Waals surface area contributed by atoms with E-state index in [0.29, 0.717) is 29.5 Å². The Morgan fingerprint density at radius 1 is 1.06 bits per heavy atom. The maximum absolute atomic E-state index is 12.8. The molecule has 0 bridgehead atoms. The number of hydrogen-bond donors (Lipinski definition) is 1. The van der Waals surface area contributed by atoms with E-state index in [2.05, 4.69) is 4.90 Å². The van der Waals surface area contributed by atoms with Gasteiger partial charge in [0, 0.05) is 24.2 Å². The van der Waals surface area contributed by atoms with Crippen LogP contribution < -0.4 is 9.64 Å². The average Bonchev–Trinajstić information content (AvgIpc) is 3.01. The number of fused-ring (bicyclic) bond motifs is 1. The van der Waals surface area contributed by atoms with E-state index < -0.39 is 17.7 Å². The fourth-order valence-electron chi connectivity index (χ4n) is 3.89. The second-order valence-electron chi connectivity index (χ2n) is 7.77. The SMILES string of the molecule is Cc1cc(-c2ccc(C(F)(F)F)cc2)oc1N1CCc2ccc(OCC(=O)O)cc2CC1. The summed E-state index contributed by atoms with van der Waals surface area (Å²) in [5, 5.41) is 8.79. The Bertz CT molecular complexity index is 1120. The first kappa shape index (κ1) is 21.8. The van der Waals surface area contributed by atoms with Crippen LogP contribution in [-0.2, 0) is 23.8 Å². The van der Waals surface area contributed by atoms with Gasteiger partial charge in [0.05, 0.1) is 5.56 Å². The standard InChI is InChI=1S/C24H22F3NO4/c1-15-12-21(17-2-5-19(6-3-17)24(25,26)27)32-23(15)28-10-8-16-4-7-20(31-14-22(29)30)13-18(16)9-11-28/h2-7,12-13H,8-11,14H2,1H3,(H,29,30). The number of ether oxygens (including phenoxy) is 1. The Morgan fingerprint density at radius 3 is 2.41 bits per heavy atom. The van der Waals surface area contributed by atoms with Crippen LogP contribution in [-0.4, -0.2) is 30.8 Å². The maximum atomic E-state index is 12.8. The molecule has 0 fully saturated rings. The number of aryl methyl sites for hydroxylation is 1. The summed E-state index contributed by atoms with van der Waals surface area (Å²) in [6, 6.07) is 12.4. The minimum atomic E-state index is -4.37. The molecule has 0 unspecified atom stereocenters. The predicted molar refractivity (Wildman–Crippen MR) is 113 cm³/mol. The van der Waals surface area contributed by atoms with Crippen molar-refractivity contribution in [2.75, 3.05) is 24.6 Å². The minimum absolute atomic E-state index is 0.386. The van der Waals surface area contributed by atoms with Gasteiger partial charge in [0.25, 0.3) is 0 Å². The molecule has 0 saturated carbocycles. The van der Waals surface area contributed by atoms with Gasteiger partial charge >= 0.3 is 12.1 Å². The lowest BCUT2D eigenvalue weighted by Gasteiger charge is -2.20. The first-order valence-corrected chi connectivity index (χ1v) is 10.2. The van der Waals surface area contributed by atoms with Crippen LogP contribution in [0.5, 0.6) is 5.75 Å². The third-order valence-corrected chi connectivity index (χ3v) is 5.52. The Hall–Kier alpha value is -3.42.